The van der Waals surface area contributed by atoms with Gasteiger partial charge in [-0.2, -0.15) is 5.10 Å². The van der Waals surface area contributed by atoms with Crippen LogP contribution in [0.5, 0.6) is 0 Å². The summed E-state index contributed by atoms with van der Waals surface area (Å²) in [7, 11) is 1.74. The van der Waals surface area contributed by atoms with Crippen molar-refractivity contribution in [1.29, 1.82) is 0 Å². The second kappa shape index (κ2) is 6.18. The van der Waals surface area contributed by atoms with Crippen LogP contribution in [0.1, 0.15) is 10.5 Å². The van der Waals surface area contributed by atoms with E-state index in [4.69, 9.17) is 0 Å². The van der Waals surface area contributed by atoms with E-state index in [1.807, 2.05) is 0 Å². The zero-order valence-corrected chi connectivity index (χ0v) is 12.1. The van der Waals surface area contributed by atoms with Gasteiger partial charge in [-0.3, -0.25) is 14.5 Å². The monoisotopic (exact) mass is 313 g/mol. The lowest BCUT2D eigenvalue weighted by Gasteiger charge is -2.09. The number of amides is 1. The highest BCUT2D eigenvalue weighted by atomic mass is 19.1. The average molecular weight is 313 g/mol. The number of nitrogens with zero attached hydrogens (tertiary/aromatic N) is 5. The van der Waals surface area contributed by atoms with Crippen LogP contribution in [0.3, 0.4) is 0 Å². The van der Waals surface area contributed by atoms with Crippen LogP contribution in [0.2, 0.25) is 0 Å². The Balaban J connectivity index is 1.84. The molecule has 3 aromatic rings. The number of rotatable bonds is 4. The first-order valence-corrected chi connectivity index (χ1v) is 6.61. The van der Waals surface area contributed by atoms with Gasteiger partial charge >= 0.3 is 0 Å². The third kappa shape index (κ3) is 3.46. The maximum atomic E-state index is 13.2. The van der Waals surface area contributed by atoms with Crippen molar-refractivity contribution in [1.82, 2.24) is 24.7 Å². The zero-order valence-electron chi connectivity index (χ0n) is 12.1. The molecule has 0 unspecified atom stereocenters. The summed E-state index contributed by atoms with van der Waals surface area (Å²) < 4.78 is 14.7. The first-order valence-electron chi connectivity index (χ1n) is 6.61. The van der Waals surface area contributed by atoms with Gasteiger partial charge in [0.25, 0.3) is 5.91 Å². The lowest BCUT2D eigenvalue weighted by Crippen LogP contribution is -2.17. The normalized spacial score (nSPS) is 10.3. The molecule has 2 N–H and O–H groups in total. The minimum absolute atomic E-state index is 0.0578. The van der Waals surface area contributed by atoms with Crippen LogP contribution < -0.4 is 10.6 Å². The number of hydrogen-bond acceptors (Lipinski definition) is 6. The van der Waals surface area contributed by atoms with E-state index in [-0.39, 0.29) is 11.5 Å². The first kappa shape index (κ1) is 14.6. The van der Waals surface area contributed by atoms with E-state index < -0.39 is 11.7 Å². The van der Waals surface area contributed by atoms with E-state index >= 15 is 0 Å². The number of carbonyl (C=O) groups excluding carboxylic acids is 1. The Morgan fingerprint density at radius 2 is 2.09 bits per heavy atom. The minimum Gasteiger partial charge on any atom is -0.337 e. The molecule has 1 amide bonds. The number of halogens is 1. The SMILES string of the molecule is Cn1ccc(NC(=O)c2nccnc2Nc2cncc(F)c2)n1. The van der Waals surface area contributed by atoms with Gasteiger partial charge in [0.15, 0.2) is 17.3 Å². The molecule has 0 atom stereocenters. The molecular formula is C14H12FN7O. The number of aryl methyl sites for hydroxylation is 1. The van der Waals surface area contributed by atoms with Gasteiger partial charge in [-0.1, -0.05) is 0 Å². The fourth-order valence-corrected chi connectivity index (χ4v) is 1.87. The van der Waals surface area contributed by atoms with Gasteiger partial charge in [0.2, 0.25) is 0 Å². The van der Waals surface area contributed by atoms with Crippen molar-refractivity contribution in [3.05, 3.63) is 54.6 Å². The summed E-state index contributed by atoms with van der Waals surface area (Å²) in [5.74, 6) is -0.406. The number of hydrogen-bond donors (Lipinski definition) is 2. The molecule has 0 saturated carbocycles. The summed E-state index contributed by atoms with van der Waals surface area (Å²) >= 11 is 0. The predicted octanol–water partition coefficient (Wildman–Crippen LogP) is 1.74. The Morgan fingerprint density at radius 1 is 1.26 bits per heavy atom. The van der Waals surface area contributed by atoms with E-state index in [0.29, 0.717) is 11.5 Å². The van der Waals surface area contributed by atoms with Gasteiger partial charge in [0.1, 0.15) is 5.82 Å². The number of anilines is 3. The van der Waals surface area contributed by atoms with E-state index in [0.717, 1.165) is 6.20 Å². The van der Waals surface area contributed by atoms with Crippen molar-refractivity contribution in [2.75, 3.05) is 10.6 Å². The molecule has 0 aromatic carbocycles. The average Bonchev–Trinajstić information content (AvgIpc) is 2.93. The molecule has 3 rings (SSSR count). The highest BCUT2D eigenvalue weighted by Crippen LogP contribution is 2.17. The molecule has 0 spiro atoms. The summed E-state index contributed by atoms with van der Waals surface area (Å²) in [6.07, 6.45) is 7.01. The Bertz CT molecular complexity index is 848. The predicted molar refractivity (Wildman–Crippen MR) is 80.7 cm³/mol. The third-order valence-corrected chi connectivity index (χ3v) is 2.84. The summed E-state index contributed by atoms with van der Waals surface area (Å²) in [4.78, 5) is 24.1. The van der Waals surface area contributed by atoms with Crippen LogP contribution in [-0.2, 0) is 7.05 Å². The zero-order chi connectivity index (χ0) is 16.2. The van der Waals surface area contributed by atoms with Gasteiger partial charge in [-0.05, 0) is 0 Å². The maximum Gasteiger partial charge on any atom is 0.279 e. The second-order valence-electron chi connectivity index (χ2n) is 4.60. The Kier molecular flexibility index (Phi) is 3.91. The molecule has 0 aliphatic carbocycles. The topological polar surface area (TPSA) is 97.6 Å². The maximum absolute atomic E-state index is 13.2. The van der Waals surface area contributed by atoms with Crippen LogP contribution in [0.25, 0.3) is 0 Å². The molecule has 0 bridgehead atoms. The van der Waals surface area contributed by atoms with Crippen LogP contribution in [0, 0.1) is 5.82 Å². The molecule has 3 aromatic heterocycles. The van der Waals surface area contributed by atoms with Crippen molar-refractivity contribution >= 4 is 23.2 Å². The van der Waals surface area contributed by atoms with Crippen molar-refractivity contribution in [2.45, 2.75) is 0 Å². The number of aromatic nitrogens is 5. The van der Waals surface area contributed by atoms with E-state index in [9.17, 15) is 9.18 Å². The van der Waals surface area contributed by atoms with Crippen molar-refractivity contribution < 1.29 is 9.18 Å². The van der Waals surface area contributed by atoms with Crippen molar-refractivity contribution in [2.24, 2.45) is 7.05 Å². The van der Waals surface area contributed by atoms with Gasteiger partial charge in [0, 0.05) is 37.8 Å². The standard InChI is InChI=1S/C14H12FN7O/c1-22-5-2-11(21-22)20-14(23)12-13(18-4-3-17-12)19-10-6-9(15)7-16-8-10/h2-8H,1H3,(H,18,19)(H,20,21,23). The molecular weight excluding hydrogens is 301 g/mol. The summed E-state index contributed by atoms with van der Waals surface area (Å²) in [6.45, 7) is 0. The number of pyridine rings is 1. The van der Waals surface area contributed by atoms with Gasteiger partial charge in [0.05, 0.1) is 18.1 Å². The quantitative estimate of drug-likeness (QED) is 0.761. The van der Waals surface area contributed by atoms with Crippen molar-refractivity contribution in [3.8, 4) is 0 Å². The smallest absolute Gasteiger partial charge is 0.279 e. The lowest BCUT2D eigenvalue weighted by atomic mass is 10.3. The van der Waals surface area contributed by atoms with E-state index in [1.54, 1.807) is 24.0 Å². The van der Waals surface area contributed by atoms with Gasteiger partial charge in [-0.15, -0.1) is 0 Å². The molecule has 0 saturated heterocycles. The highest BCUT2D eigenvalue weighted by Gasteiger charge is 2.15. The van der Waals surface area contributed by atoms with Crippen LogP contribution in [0.4, 0.5) is 21.7 Å². The minimum atomic E-state index is -0.502. The van der Waals surface area contributed by atoms with Gasteiger partial charge in [-0.25, -0.2) is 14.4 Å². The Morgan fingerprint density at radius 3 is 2.83 bits per heavy atom. The molecule has 116 valence electrons. The highest BCUT2D eigenvalue weighted by molar-refractivity contribution is 6.05. The Labute approximate surface area is 130 Å². The van der Waals surface area contributed by atoms with Gasteiger partial charge < -0.3 is 10.6 Å². The number of carbonyl (C=O) groups is 1. The number of nitrogens with one attached hydrogen (secondary N) is 2. The van der Waals surface area contributed by atoms with Crippen LogP contribution in [0.15, 0.2) is 43.1 Å². The summed E-state index contributed by atoms with van der Waals surface area (Å²) in [5, 5.41) is 9.49. The van der Waals surface area contributed by atoms with Crippen molar-refractivity contribution in [3.63, 3.8) is 0 Å². The van der Waals surface area contributed by atoms with E-state index in [2.05, 4.69) is 30.7 Å². The second-order valence-corrected chi connectivity index (χ2v) is 4.60. The molecule has 0 aliphatic heterocycles. The summed E-state index contributed by atoms with van der Waals surface area (Å²) in [6, 6.07) is 2.89. The molecule has 23 heavy (non-hydrogen) atoms. The van der Waals surface area contributed by atoms with Crippen LogP contribution in [-0.4, -0.2) is 30.6 Å². The fourth-order valence-electron chi connectivity index (χ4n) is 1.87. The lowest BCUT2D eigenvalue weighted by molar-refractivity contribution is 0.102. The molecule has 0 radical (unpaired) electrons. The molecule has 3 heterocycles. The molecule has 0 aliphatic rings. The first-order chi connectivity index (χ1) is 11.1. The largest absolute Gasteiger partial charge is 0.337 e. The molecule has 9 heteroatoms. The molecule has 0 fully saturated rings. The van der Waals surface area contributed by atoms with E-state index in [1.165, 1.54) is 24.7 Å². The van der Waals surface area contributed by atoms with Crippen LogP contribution >= 0.6 is 0 Å². The third-order valence-electron chi connectivity index (χ3n) is 2.84. The fraction of sp³-hybridized carbons (Fsp3) is 0.0714. The Hall–Kier alpha value is -3.36. The summed E-state index contributed by atoms with van der Waals surface area (Å²) in [5.41, 5.74) is 0.416. The molecule has 8 nitrogen and oxygen atoms in total.